The number of nitrogens with two attached hydrogens (primary N) is 1. The zero-order valence-electron chi connectivity index (χ0n) is 10.9. The predicted octanol–water partition coefficient (Wildman–Crippen LogP) is 1.76. The lowest BCUT2D eigenvalue weighted by molar-refractivity contribution is 0.631. The zero-order valence-corrected chi connectivity index (χ0v) is 11.6. The number of halogens is 2. The molecule has 0 radical (unpaired) electrons. The molecule has 2 aromatic rings. The monoisotopic (exact) mass is 297 g/mol. The topological polar surface area (TPSA) is 92.0 Å². The highest BCUT2D eigenvalue weighted by molar-refractivity contribution is 6.33. The summed E-state index contributed by atoms with van der Waals surface area (Å²) >= 11 is 5.93. The second-order valence-corrected chi connectivity index (χ2v) is 4.45. The maximum absolute atomic E-state index is 13.7. The van der Waals surface area contributed by atoms with E-state index in [9.17, 15) is 4.39 Å². The molecule has 0 amide bonds. The SMILES string of the molecule is CN(C)c1nc(NN)nc(Nc2c(F)cccc2Cl)n1. The van der Waals surface area contributed by atoms with Gasteiger partial charge in [0.25, 0.3) is 0 Å². The van der Waals surface area contributed by atoms with E-state index in [0.717, 1.165) is 0 Å². The Kier molecular flexibility index (Phi) is 4.16. The summed E-state index contributed by atoms with van der Waals surface area (Å²) in [5.74, 6) is 5.43. The summed E-state index contributed by atoms with van der Waals surface area (Å²) in [6.07, 6.45) is 0. The van der Waals surface area contributed by atoms with Gasteiger partial charge in [-0.05, 0) is 12.1 Å². The highest BCUT2D eigenvalue weighted by Crippen LogP contribution is 2.27. The van der Waals surface area contributed by atoms with Crippen molar-refractivity contribution in [2.45, 2.75) is 0 Å². The van der Waals surface area contributed by atoms with Gasteiger partial charge in [0.15, 0.2) is 0 Å². The van der Waals surface area contributed by atoms with Crippen LogP contribution in [0.3, 0.4) is 0 Å². The molecule has 20 heavy (non-hydrogen) atoms. The summed E-state index contributed by atoms with van der Waals surface area (Å²) in [6, 6.07) is 4.35. The van der Waals surface area contributed by atoms with E-state index in [2.05, 4.69) is 25.7 Å². The number of hydrogen-bond acceptors (Lipinski definition) is 7. The van der Waals surface area contributed by atoms with Gasteiger partial charge in [0, 0.05) is 14.1 Å². The third-order valence-corrected chi connectivity index (χ3v) is 2.67. The second-order valence-electron chi connectivity index (χ2n) is 4.04. The fraction of sp³-hybridized carbons (Fsp3) is 0.182. The minimum absolute atomic E-state index is 0.0908. The Bertz CT molecular complexity index is 599. The van der Waals surface area contributed by atoms with E-state index in [1.165, 1.54) is 12.1 Å². The molecule has 1 heterocycles. The number of hydrazine groups is 1. The molecule has 9 heteroatoms. The maximum atomic E-state index is 13.7. The number of anilines is 4. The molecule has 0 fully saturated rings. The van der Waals surface area contributed by atoms with Crippen LogP contribution in [0.2, 0.25) is 5.02 Å². The van der Waals surface area contributed by atoms with Crippen molar-refractivity contribution in [1.82, 2.24) is 15.0 Å². The largest absolute Gasteiger partial charge is 0.347 e. The summed E-state index contributed by atoms with van der Waals surface area (Å²) in [5.41, 5.74) is 2.41. The normalized spacial score (nSPS) is 10.2. The Hall–Kier alpha value is -2.19. The molecule has 0 aliphatic rings. The Balaban J connectivity index is 2.40. The van der Waals surface area contributed by atoms with E-state index in [0.29, 0.717) is 5.95 Å². The standard InChI is InChI=1S/C11H13ClFN7/c1-20(2)11-17-9(16-10(18-11)19-14)15-8-6(12)4-3-5-7(8)13/h3-5H,14H2,1-2H3,(H2,15,16,17,18,19). The molecular weight excluding hydrogens is 285 g/mol. The maximum Gasteiger partial charge on any atom is 0.243 e. The fourth-order valence-corrected chi connectivity index (χ4v) is 1.62. The van der Waals surface area contributed by atoms with Gasteiger partial charge in [0.2, 0.25) is 17.8 Å². The van der Waals surface area contributed by atoms with Crippen LogP contribution in [0, 0.1) is 5.82 Å². The van der Waals surface area contributed by atoms with Gasteiger partial charge in [-0.3, -0.25) is 5.43 Å². The van der Waals surface area contributed by atoms with Crippen LogP contribution in [0.25, 0.3) is 0 Å². The van der Waals surface area contributed by atoms with E-state index >= 15 is 0 Å². The molecule has 0 atom stereocenters. The number of hydrogen-bond donors (Lipinski definition) is 3. The number of nitrogen functional groups attached to an aromatic ring is 1. The van der Waals surface area contributed by atoms with Crippen LogP contribution in [-0.4, -0.2) is 29.0 Å². The van der Waals surface area contributed by atoms with E-state index in [4.69, 9.17) is 17.4 Å². The molecule has 0 spiro atoms. The summed E-state index contributed by atoms with van der Waals surface area (Å²) < 4.78 is 13.7. The Morgan fingerprint density at radius 1 is 1.20 bits per heavy atom. The van der Waals surface area contributed by atoms with Crippen molar-refractivity contribution in [2.24, 2.45) is 5.84 Å². The first-order valence-electron chi connectivity index (χ1n) is 5.62. The molecule has 0 saturated carbocycles. The molecule has 1 aromatic carbocycles. The molecule has 106 valence electrons. The third-order valence-electron chi connectivity index (χ3n) is 2.35. The van der Waals surface area contributed by atoms with Crippen molar-refractivity contribution in [1.29, 1.82) is 0 Å². The van der Waals surface area contributed by atoms with E-state index < -0.39 is 5.82 Å². The van der Waals surface area contributed by atoms with Gasteiger partial charge < -0.3 is 10.2 Å². The van der Waals surface area contributed by atoms with Crippen molar-refractivity contribution in [3.8, 4) is 0 Å². The third kappa shape index (κ3) is 3.03. The average Bonchev–Trinajstić information content (AvgIpc) is 2.42. The first-order valence-corrected chi connectivity index (χ1v) is 6.00. The first kappa shape index (κ1) is 14.2. The van der Waals surface area contributed by atoms with Crippen LogP contribution in [0.1, 0.15) is 0 Å². The molecule has 0 unspecified atom stereocenters. The van der Waals surface area contributed by atoms with Gasteiger partial charge in [-0.1, -0.05) is 17.7 Å². The molecule has 0 bridgehead atoms. The smallest absolute Gasteiger partial charge is 0.243 e. The van der Waals surface area contributed by atoms with Crippen LogP contribution >= 0.6 is 11.6 Å². The first-order chi connectivity index (χ1) is 9.51. The van der Waals surface area contributed by atoms with Gasteiger partial charge in [0.05, 0.1) is 10.7 Å². The fourth-order valence-electron chi connectivity index (χ4n) is 1.41. The second kappa shape index (κ2) is 5.85. The molecule has 4 N–H and O–H groups in total. The number of para-hydroxylation sites is 1. The quantitative estimate of drug-likeness (QED) is 0.585. The molecule has 0 aliphatic heterocycles. The van der Waals surface area contributed by atoms with Crippen LogP contribution in [-0.2, 0) is 0 Å². The van der Waals surface area contributed by atoms with Crippen molar-refractivity contribution in [3.63, 3.8) is 0 Å². The van der Waals surface area contributed by atoms with Gasteiger partial charge in [0.1, 0.15) is 5.82 Å². The Labute approximate surface area is 120 Å². The van der Waals surface area contributed by atoms with Crippen LogP contribution in [0.15, 0.2) is 18.2 Å². The highest BCUT2D eigenvalue weighted by atomic mass is 35.5. The molecule has 7 nitrogen and oxygen atoms in total. The summed E-state index contributed by atoms with van der Waals surface area (Å²) in [5, 5.41) is 2.94. The molecule has 1 aromatic heterocycles. The molecule has 0 saturated heterocycles. The van der Waals surface area contributed by atoms with Crippen LogP contribution in [0.5, 0.6) is 0 Å². The Morgan fingerprint density at radius 3 is 2.50 bits per heavy atom. The summed E-state index contributed by atoms with van der Waals surface area (Å²) in [6.45, 7) is 0. The number of aromatic nitrogens is 3. The van der Waals surface area contributed by atoms with E-state index in [1.54, 1.807) is 25.1 Å². The van der Waals surface area contributed by atoms with Gasteiger partial charge in [-0.15, -0.1) is 0 Å². The lowest BCUT2D eigenvalue weighted by Gasteiger charge is -2.13. The predicted molar refractivity (Wildman–Crippen MR) is 76.7 cm³/mol. The Morgan fingerprint density at radius 2 is 1.90 bits per heavy atom. The average molecular weight is 298 g/mol. The summed E-state index contributed by atoms with van der Waals surface area (Å²) in [4.78, 5) is 13.8. The molecule has 2 rings (SSSR count). The van der Waals surface area contributed by atoms with Gasteiger partial charge in [-0.25, -0.2) is 10.2 Å². The lowest BCUT2D eigenvalue weighted by atomic mass is 10.3. The molecule has 0 aliphatic carbocycles. The van der Waals surface area contributed by atoms with Gasteiger partial charge >= 0.3 is 0 Å². The van der Waals surface area contributed by atoms with Crippen LogP contribution < -0.4 is 21.5 Å². The van der Waals surface area contributed by atoms with Crippen molar-refractivity contribution < 1.29 is 4.39 Å². The number of nitrogens with one attached hydrogen (secondary N) is 2. The minimum Gasteiger partial charge on any atom is -0.347 e. The number of rotatable bonds is 4. The van der Waals surface area contributed by atoms with Crippen molar-refractivity contribution in [2.75, 3.05) is 29.7 Å². The zero-order chi connectivity index (χ0) is 14.7. The van der Waals surface area contributed by atoms with Crippen molar-refractivity contribution in [3.05, 3.63) is 29.0 Å². The van der Waals surface area contributed by atoms with Gasteiger partial charge in [-0.2, -0.15) is 15.0 Å². The summed E-state index contributed by atoms with van der Waals surface area (Å²) in [7, 11) is 3.52. The number of nitrogens with zero attached hydrogens (tertiary/aromatic N) is 4. The highest BCUT2D eigenvalue weighted by Gasteiger charge is 2.12. The van der Waals surface area contributed by atoms with E-state index in [1.807, 2.05) is 0 Å². The van der Waals surface area contributed by atoms with Crippen molar-refractivity contribution >= 4 is 35.1 Å². The minimum atomic E-state index is -0.508. The van der Waals surface area contributed by atoms with E-state index in [-0.39, 0.29) is 22.6 Å². The molecular formula is C11H13ClFN7. The van der Waals surface area contributed by atoms with Crippen LogP contribution in [0.4, 0.5) is 27.9 Å². The lowest BCUT2D eigenvalue weighted by Crippen LogP contribution is -2.18. The number of benzene rings is 1.